The van der Waals surface area contributed by atoms with Crippen molar-refractivity contribution in [2.24, 2.45) is 5.92 Å². The average Bonchev–Trinajstić information content (AvgIpc) is 2.40. The molecule has 0 heterocycles. The number of anilines is 1. The predicted molar refractivity (Wildman–Crippen MR) is 74.6 cm³/mol. The van der Waals surface area contributed by atoms with Crippen LogP contribution in [0.1, 0.15) is 12.5 Å². The van der Waals surface area contributed by atoms with Crippen LogP contribution in [0.2, 0.25) is 5.02 Å². The van der Waals surface area contributed by atoms with Gasteiger partial charge in [-0.2, -0.15) is 5.26 Å². The molecule has 0 aromatic heterocycles. The first-order valence-electron chi connectivity index (χ1n) is 5.79. The van der Waals surface area contributed by atoms with E-state index in [0.29, 0.717) is 16.3 Å². The third-order valence-corrected chi connectivity index (χ3v) is 2.98. The number of carbonyl (C=O) groups excluding carboxylic acids is 1. The van der Waals surface area contributed by atoms with E-state index < -0.39 is 17.9 Å². The fourth-order valence-corrected chi connectivity index (χ4v) is 1.64. The Bertz CT molecular complexity index is 568. The molecule has 0 aliphatic carbocycles. The SMILES string of the molecule is CC(CN(C)C(=O)Nc1cc(C#N)ccc1Cl)C(=O)O. The molecule has 0 aliphatic rings. The second-order valence-electron chi connectivity index (χ2n) is 4.36. The van der Waals surface area contributed by atoms with Gasteiger partial charge in [-0.05, 0) is 18.2 Å². The van der Waals surface area contributed by atoms with E-state index in [1.54, 1.807) is 0 Å². The average molecular weight is 296 g/mol. The summed E-state index contributed by atoms with van der Waals surface area (Å²) < 4.78 is 0. The summed E-state index contributed by atoms with van der Waals surface area (Å²) in [7, 11) is 1.48. The van der Waals surface area contributed by atoms with Crippen molar-refractivity contribution in [3.63, 3.8) is 0 Å². The number of rotatable bonds is 4. The lowest BCUT2D eigenvalue weighted by atomic mass is 10.2. The first-order chi connectivity index (χ1) is 9.35. The zero-order valence-corrected chi connectivity index (χ0v) is 11.8. The number of benzene rings is 1. The van der Waals surface area contributed by atoms with Crippen molar-refractivity contribution in [3.8, 4) is 6.07 Å². The third-order valence-electron chi connectivity index (χ3n) is 2.65. The fraction of sp³-hybridized carbons (Fsp3) is 0.308. The van der Waals surface area contributed by atoms with E-state index in [1.807, 2.05) is 6.07 Å². The van der Waals surface area contributed by atoms with E-state index in [1.165, 1.54) is 37.1 Å². The predicted octanol–water partition coefficient (Wildman–Crippen LogP) is 2.40. The fourth-order valence-electron chi connectivity index (χ4n) is 1.47. The summed E-state index contributed by atoms with van der Waals surface area (Å²) in [6.07, 6.45) is 0. The summed E-state index contributed by atoms with van der Waals surface area (Å²) in [5, 5.41) is 20.4. The maximum absolute atomic E-state index is 11.9. The van der Waals surface area contributed by atoms with Gasteiger partial charge in [-0.1, -0.05) is 18.5 Å². The van der Waals surface area contributed by atoms with Gasteiger partial charge in [-0.3, -0.25) is 4.79 Å². The number of carboxylic acid groups (broad SMARTS) is 1. The Balaban J connectivity index is 2.76. The van der Waals surface area contributed by atoms with Gasteiger partial charge in [0.05, 0.1) is 28.3 Å². The van der Waals surface area contributed by atoms with E-state index in [9.17, 15) is 9.59 Å². The summed E-state index contributed by atoms with van der Waals surface area (Å²) in [6, 6.07) is 5.95. The topological polar surface area (TPSA) is 93.4 Å². The van der Waals surface area contributed by atoms with Crippen LogP contribution in [-0.4, -0.2) is 35.6 Å². The zero-order chi connectivity index (χ0) is 15.3. The molecule has 1 unspecified atom stereocenters. The quantitative estimate of drug-likeness (QED) is 0.892. The van der Waals surface area contributed by atoms with Crippen molar-refractivity contribution in [2.75, 3.05) is 18.9 Å². The van der Waals surface area contributed by atoms with E-state index >= 15 is 0 Å². The summed E-state index contributed by atoms with van der Waals surface area (Å²) in [5.41, 5.74) is 0.678. The summed E-state index contributed by atoms with van der Waals surface area (Å²) in [5.74, 6) is -1.65. The first-order valence-corrected chi connectivity index (χ1v) is 6.17. The number of nitrogens with one attached hydrogen (secondary N) is 1. The van der Waals surface area contributed by atoms with Crippen LogP contribution >= 0.6 is 11.6 Å². The van der Waals surface area contributed by atoms with Crippen LogP contribution in [0.5, 0.6) is 0 Å². The van der Waals surface area contributed by atoms with Gasteiger partial charge < -0.3 is 15.3 Å². The molecule has 6 nitrogen and oxygen atoms in total. The molecule has 0 bridgehead atoms. The number of amides is 2. The van der Waals surface area contributed by atoms with Crippen molar-refractivity contribution < 1.29 is 14.7 Å². The summed E-state index contributed by atoms with van der Waals surface area (Å²) in [4.78, 5) is 23.9. The lowest BCUT2D eigenvalue weighted by molar-refractivity contribution is -0.141. The first kappa shape index (κ1) is 15.8. The number of urea groups is 1. The van der Waals surface area contributed by atoms with Crippen molar-refractivity contribution in [3.05, 3.63) is 28.8 Å². The highest BCUT2D eigenvalue weighted by atomic mass is 35.5. The zero-order valence-electron chi connectivity index (χ0n) is 11.1. The highest BCUT2D eigenvalue weighted by Crippen LogP contribution is 2.23. The Morgan fingerprint density at radius 2 is 2.20 bits per heavy atom. The molecule has 1 aromatic carbocycles. The number of aliphatic carboxylic acids is 1. The highest BCUT2D eigenvalue weighted by Gasteiger charge is 2.18. The monoisotopic (exact) mass is 295 g/mol. The van der Waals surface area contributed by atoms with Crippen molar-refractivity contribution in [1.82, 2.24) is 4.90 Å². The Labute approximate surface area is 121 Å². The highest BCUT2D eigenvalue weighted by molar-refractivity contribution is 6.33. The second kappa shape index (κ2) is 6.78. The van der Waals surface area contributed by atoms with Crippen LogP contribution in [0.3, 0.4) is 0 Å². The van der Waals surface area contributed by atoms with E-state index in [0.717, 1.165) is 0 Å². The molecule has 0 spiro atoms. The van der Waals surface area contributed by atoms with Crippen molar-refractivity contribution in [2.45, 2.75) is 6.92 Å². The van der Waals surface area contributed by atoms with Gasteiger partial charge in [0.25, 0.3) is 0 Å². The number of hydrogen-bond acceptors (Lipinski definition) is 3. The minimum Gasteiger partial charge on any atom is -0.481 e. The molecular weight excluding hydrogens is 282 g/mol. The van der Waals surface area contributed by atoms with Gasteiger partial charge in [0.1, 0.15) is 0 Å². The van der Waals surface area contributed by atoms with Gasteiger partial charge in [-0.15, -0.1) is 0 Å². The molecule has 1 aromatic rings. The van der Waals surface area contributed by atoms with Crippen LogP contribution < -0.4 is 5.32 Å². The molecule has 0 radical (unpaired) electrons. The maximum Gasteiger partial charge on any atom is 0.321 e. The van der Waals surface area contributed by atoms with E-state index in [-0.39, 0.29) is 6.54 Å². The third kappa shape index (κ3) is 4.14. The molecule has 106 valence electrons. The number of carbonyl (C=O) groups is 2. The number of halogens is 1. The molecule has 20 heavy (non-hydrogen) atoms. The number of nitriles is 1. The molecule has 0 saturated carbocycles. The van der Waals surface area contributed by atoms with E-state index in [4.69, 9.17) is 22.0 Å². The molecule has 0 aliphatic heterocycles. The van der Waals surface area contributed by atoms with Gasteiger partial charge in [-0.25, -0.2) is 4.79 Å². The van der Waals surface area contributed by atoms with E-state index in [2.05, 4.69) is 5.32 Å². The van der Waals surface area contributed by atoms with Gasteiger partial charge in [0.2, 0.25) is 0 Å². The van der Waals surface area contributed by atoms with Crippen LogP contribution in [-0.2, 0) is 4.79 Å². The Morgan fingerprint density at radius 1 is 1.55 bits per heavy atom. The molecule has 1 rings (SSSR count). The largest absolute Gasteiger partial charge is 0.481 e. The van der Waals surface area contributed by atoms with Crippen LogP contribution in [0.25, 0.3) is 0 Å². The number of nitrogens with zero attached hydrogens (tertiary/aromatic N) is 2. The maximum atomic E-state index is 11.9. The van der Waals surface area contributed by atoms with Gasteiger partial charge in [0, 0.05) is 13.6 Å². The van der Waals surface area contributed by atoms with Crippen LogP contribution in [0.4, 0.5) is 10.5 Å². The molecule has 7 heteroatoms. The second-order valence-corrected chi connectivity index (χ2v) is 4.76. The Hall–Kier alpha value is -2.26. The summed E-state index contributed by atoms with van der Waals surface area (Å²) >= 11 is 5.92. The molecule has 2 N–H and O–H groups in total. The summed E-state index contributed by atoms with van der Waals surface area (Å²) in [6.45, 7) is 1.58. The Kier molecular flexibility index (Phi) is 5.35. The standard InChI is InChI=1S/C13H14ClN3O3/c1-8(12(18)19)7-17(2)13(20)16-11-5-9(6-15)3-4-10(11)14/h3-5,8H,7H2,1-2H3,(H,16,20)(H,18,19). The smallest absolute Gasteiger partial charge is 0.321 e. The van der Waals surface area contributed by atoms with Crippen LogP contribution in [0, 0.1) is 17.2 Å². The molecule has 0 saturated heterocycles. The number of carboxylic acids is 1. The van der Waals surface area contributed by atoms with Gasteiger partial charge in [0.15, 0.2) is 0 Å². The minimum absolute atomic E-state index is 0.0662. The molecule has 1 atom stereocenters. The molecule has 0 fully saturated rings. The number of hydrogen-bond donors (Lipinski definition) is 2. The van der Waals surface area contributed by atoms with Crippen LogP contribution in [0.15, 0.2) is 18.2 Å². The lowest BCUT2D eigenvalue weighted by Gasteiger charge is -2.20. The van der Waals surface area contributed by atoms with Crippen molar-refractivity contribution in [1.29, 1.82) is 5.26 Å². The minimum atomic E-state index is -0.978. The lowest BCUT2D eigenvalue weighted by Crippen LogP contribution is -2.36. The van der Waals surface area contributed by atoms with Gasteiger partial charge >= 0.3 is 12.0 Å². The Morgan fingerprint density at radius 3 is 2.75 bits per heavy atom. The molecular formula is C13H14ClN3O3. The molecule has 2 amide bonds. The normalized spacial score (nSPS) is 11.3. The van der Waals surface area contributed by atoms with Crippen molar-refractivity contribution >= 4 is 29.3 Å².